The minimum absolute atomic E-state index is 0.236. The lowest BCUT2D eigenvalue weighted by molar-refractivity contribution is 0.0613. The van der Waals surface area contributed by atoms with E-state index in [1.165, 1.54) is 11.3 Å². The third kappa shape index (κ3) is 3.40. The summed E-state index contributed by atoms with van der Waals surface area (Å²) in [5.41, 5.74) is 0. The van der Waals surface area contributed by atoms with E-state index in [1.54, 1.807) is 11.3 Å². The Morgan fingerprint density at radius 1 is 1.47 bits per heavy atom. The third-order valence-electron chi connectivity index (χ3n) is 3.80. The molecule has 19 heavy (non-hydrogen) atoms. The highest BCUT2D eigenvalue weighted by Gasteiger charge is 2.27. The zero-order valence-corrected chi connectivity index (χ0v) is 14.1. The van der Waals surface area contributed by atoms with E-state index in [0.29, 0.717) is 6.04 Å². The van der Waals surface area contributed by atoms with Gasteiger partial charge in [0.2, 0.25) is 0 Å². The van der Waals surface area contributed by atoms with Crippen molar-refractivity contribution in [3.8, 4) is 0 Å². The van der Waals surface area contributed by atoms with Crippen LogP contribution in [0.4, 0.5) is 0 Å². The van der Waals surface area contributed by atoms with E-state index < -0.39 is 0 Å². The van der Waals surface area contributed by atoms with Crippen molar-refractivity contribution >= 4 is 33.2 Å². The molecule has 1 aromatic heterocycles. The second-order valence-electron chi connectivity index (χ2n) is 5.19. The van der Waals surface area contributed by atoms with Gasteiger partial charge in [0.15, 0.2) is 0 Å². The first-order chi connectivity index (χ1) is 9.17. The molecule has 0 aromatic carbocycles. The number of carbonyl (C=O) groups excluding carboxylic acids is 1. The van der Waals surface area contributed by atoms with Crippen LogP contribution in [-0.4, -0.2) is 23.4 Å². The third-order valence-corrected chi connectivity index (χ3v) is 5.96. The number of carbonyl (C=O) groups is 1. The number of hydrogen-bond acceptors (Lipinski definition) is 2. The fourth-order valence-corrected chi connectivity index (χ4v) is 4.67. The normalized spacial score (nSPS) is 19.7. The van der Waals surface area contributed by atoms with Crippen LogP contribution >= 0.6 is 27.3 Å². The fourth-order valence-electron chi connectivity index (χ4n) is 2.74. The zero-order chi connectivity index (χ0) is 13.8. The van der Waals surface area contributed by atoms with Crippen molar-refractivity contribution in [1.82, 2.24) is 4.90 Å². The lowest BCUT2D eigenvalue weighted by Crippen LogP contribution is -2.43. The van der Waals surface area contributed by atoms with Crippen molar-refractivity contribution in [2.45, 2.75) is 58.4 Å². The monoisotopic (exact) mass is 343 g/mol. The topological polar surface area (TPSA) is 20.3 Å². The number of likely N-dealkylation sites (tertiary alicyclic amines) is 1. The Kier molecular flexibility index (Phi) is 5.46. The van der Waals surface area contributed by atoms with Crippen molar-refractivity contribution < 1.29 is 4.79 Å². The van der Waals surface area contributed by atoms with E-state index in [0.717, 1.165) is 48.0 Å². The van der Waals surface area contributed by atoms with Gasteiger partial charge in [0.05, 0.1) is 4.88 Å². The molecular weight excluding hydrogens is 322 g/mol. The van der Waals surface area contributed by atoms with Crippen LogP contribution in [0.2, 0.25) is 0 Å². The van der Waals surface area contributed by atoms with Gasteiger partial charge in [0, 0.05) is 21.9 Å². The molecule has 0 spiro atoms. The van der Waals surface area contributed by atoms with E-state index in [4.69, 9.17) is 0 Å². The lowest BCUT2D eigenvalue weighted by Gasteiger charge is -2.35. The van der Waals surface area contributed by atoms with Gasteiger partial charge in [-0.05, 0) is 54.1 Å². The number of nitrogens with zero attached hydrogens (tertiary/aromatic N) is 1. The van der Waals surface area contributed by atoms with Gasteiger partial charge in [-0.25, -0.2) is 0 Å². The SMILES string of the molecule is CCCc1sc(C(=O)N2CCCC[C@H]2CC)cc1Br. The Labute approximate surface area is 128 Å². The second kappa shape index (κ2) is 6.89. The van der Waals surface area contributed by atoms with E-state index >= 15 is 0 Å². The minimum atomic E-state index is 0.236. The van der Waals surface area contributed by atoms with Gasteiger partial charge in [-0.2, -0.15) is 0 Å². The van der Waals surface area contributed by atoms with Crippen LogP contribution in [0, 0.1) is 0 Å². The summed E-state index contributed by atoms with van der Waals surface area (Å²) in [6.07, 6.45) is 6.81. The first kappa shape index (κ1) is 15.0. The van der Waals surface area contributed by atoms with E-state index in [9.17, 15) is 4.79 Å². The van der Waals surface area contributed by atoms with Crippen LogP contribution < -0.4 is 0 Å². The largest absolute Gasteiger partial charge is 0.335 e. The molecule has 0 saturated carbocycles. The molecule has 1 aliphatic heterocycles. The Hall–Kier alpha value is -0.350. The molecule has 0 bridgehead atoms. The highest BCUT2D eigenvalue weighted by molar-refractivity contribution is 9.10. The second-order valence-corrected chi connectivity index (χ2v) is 7.18. The molecule has 2 rings (SSSR count). The van der Waals surface area contributed by atoms with E-state index in [1.807, 2.05) is 6.07 Å². The fraction of sp³-hybridized carbons (Fsp3) is 0.667. The van der Waals surface area contributed by atoms with Gasteiger partial charge >= 0.3 is 0 Å². The maximum absolute atomic E-state index is 12.7. The summed E-state index contributed by atoms with van der Waals surface area (Å²) in [5, 5.41) is 0. The van der Waals surface area contributed by atoms with E-state index in [-0.39, 0.29) is 5.91 Å². The molecule has 1 amide bonds. The van der Waals surface area contributed by atoms with Crippen LogP contribution in [0.25, 0.3) is 0 Å². The molecule has 0 N–H and O–H groups in total. The maximum atomic E-state index is 12.7. The molecular formula is C15H22BrNOS. The quantitative estimate of drug-likeness (QED) is 0.763. The molecule has 0 unspecified atom stereocenters. The number of amides is 1. The van der Waals surface area contributed by atoms with Gasteiger partial charge in [0.1, 0.15) is 0 Å². The maximum Gasteiger partial charge on any atom is 0.264 e. The van der Waals surface area contributed by atoms with Crippen LogP contribution in [0.5, 0.6) is 0 Å². The molecule has 0 aliphatic carbocycles. The molecule has 1 fully saturated rings. The van der Waals surface area contributed by atoms with Crippen molar-refractivity contribution in [3.63, 3.8) is 0 Å². The van der Waals surface area contributed by atoms with Crippen LogP contribution in [0.15, 0.2) is 10.5 Å². The predicted molar refractivity (Wildman–Crippen MR) is 85.0 cm³/mol. The first-order valence-corrected chi connectivity index (χ1v) is 8.87. The Bertz CT molecular complexity index is 443. The molecule has 1 aromatic rings. The van der Waals surface area contributed by atoms with Crippen LogP contribution in [0.1, 0.15) is 60.5 Å². The van der Waals surface area contributed by atoms with Crippen molar-refractivity contribution in [3.05, 3.63) is 20.3 Å². The predicted octanol–water partition coefficient (Wildman–Crippen LogP) is 4.87. The molecule has 4 heteroatoms. The molecule has 1 aliphatic rings. The van der Waals surface area contributed by atoms with Gasteiger partial charge < -0.3 is 4.90 Å². The van der Waals surface area contributed by atoms with Gasteiger partial charge in [-0.15, -0.1) is 11.3 Å². The summed E-state index contributed by atoms with van der Waals surface area (Å²) in [7, 11) is 0. The number of hydrogen-bond donors (Lipinski definition) is 0. The number of rotatable bonds is 4. The number of aryl methyl sites for hydroxylation is 1. The summed E-state index contributed by atoms with van der Waals surface area (Å²) in [4.78, 5) is 16.9. The first-order valence-electron chi connectivity index (χ1n) is 7.26. The summed E-state index contributed by atoms with van der Waals surface area (Å²) < 4.78 is 1.10. The summed E-state index contributed by atoms with van der Waals surface area (Å²) >= 11 is 5.24. The zero-order valence-electron chi connectivity index (χ0n) is 11.7. The van der Waals surface area contributed by atoms with Crippen LogP contribution in [-0.2, 0) is 6.42 Å². The average Bonchev–Trinajstić information content (AvgIpc) is 2.80. The smallest absolute Gasteiger partial charge is 0.264 e. The summed E-state index contributed by atoms with van der Waals surface area (Å²) in [5.74, 6) is 0.236. The highest BCUT2D eigenvalue weighted by Crippen LogP contribution is 2.31. The number of halogens is 1. The number of thiophene rings is 1. The summed E-state index contributed by atoms with van der Waals surface area (Å²) in [6, 6.07) is 2.45. The standard InChI is InChI=1S/C15H22BrNOS/c1-3-7-13-12(16)10-14(19-13)15(18)17-9-6-5-8-11(17)4-2/h10-11H,3-9H2,1-2H3/t11-/m1/s1. The Morgan fingerprint density at radius 3 is 2.95 bits per heavy atom. The average molecular weight is 344 g/mol. The molecule has 2 nitrogen and oxygen atoms in total. The Morgan fingerprint density at radius 2 is 2.26 bits per heavy atom. The summed E-state index contributed by atoms with van der Waals surface area (Å²) in [6.45, 7) is 5.28. The van der Waals surface area contributed by atoms with Gasteiger partial charge in [-0.3, -0.25) is 4.79 Å². The minimum Gasteiger partial charge on any atom is -0.335 e. The molecule has 0 radical (unpaired) electrons. The molecule has 2 heterocycles. The molecule has 1 atom stereocenters. The van der Waals surface area contributed by atoms with Crippen LogP contribution in [0.3, 0.4) is 0 Å². The highest BCUT2D eigenvalue weighted by atomic mass is 79.9. The lowest BCUT2D eigenvalue weighted by atomic mass is 10.00. The Balaban J connectivity index is 2.16. The van der Waals surface area contributed by atoms with Crippen molar-refractivity contribution in [2.75, 3.05) is 6.54 Å². The molecule has 106 valence electrons. The van der Waals surface area contributed by atoms with Gasteiger partial charge in [0.25, 0.3) is 5.91 Å². The van der Waals surface area contributed by atoms with E-state index in [2.05, 4.69) is 34.7 Å². The number of piperidine rings is 1. The van der Waals surface area contributed by atoms with Crippen molar-refractivity contribution in [1.29, 1.82) is 0 Å². The molecule has 1 saturated heterocycles. The van der Waals surface area contributed by atoms with Crippen molar-refractivity contribution in [2.24, 2.45) is 0 Å². The van der Waals surface area contributed by atoms with Gasteiger partial charge in [-0.1, -0.05) is 20.3 Å².